The van der Waals surface area contributed by atoms with E-state index in [9.17, 15) is 14.9 Å². The van der Waals surface area contributed by atoms with Crippen molar-refractivity contribution < 1.29 is 14.3 Å². The lowest BCUT2D eigenvalue weighted by molar-refractivity contribution is -0.147. The maximum absolute atomic E-state index is 12.8. The fraction of sp³-hybridized carbons (Fsp3) is 0.400. The van der Waals surface area contributed by atoms with Crippen molar-refractivity contribution in [1.82, 2.24) is 29.2 Å². The molecule has 0 aromatic carbocycles. The number of carbonyl (C=O) groups excluding carboxylic acids is 2. The van der Waals surface area contributed by atoms with E-state index in [0.29, 0.717) is 43.0 Å². The standard InChI is InChI=1S/C25H27N7O3/c1-4-23(33)30-13-19(14-30)25(34)29-7-5-20(6-8-29)32-16(2)21(12-28-32)17-9-22(35-3)24-18(10-26)11-27-31(24)15-17/h4,9,11-12,15,19-20H,1,5-8,13-14H2,2-3H3. The number of piperidine rings is 1. The predicted molar refractivity (Wildman–Crippen MR) is 128 cm³/mol. The van der Waals surface area contributed by atoms with E-state index in [0.717, 1.165) is 29.7 Å². The molecule has 3 aromatic rings. The van der Waals surface area contributed by atoms with Crippen LogP contribution in [-0.2, 0) is 9.59 Å². The van der Waals surface area contributed by atoms with Crippen LogP contribution in [0.3, 0.4) is 0 Å². The van der Waals surface area contributed by atoms with Gasteiger partial charge in [-0.3, -0.25) is 14.3 Å². The molecule has 0 unspecified atom stereocenters. The zero-order valence-corrected chi connectivity index (χ0v) is 19.8. The molecule has 180 valence electrons. The fourth-order valence-corrected chi connectivity index (χ4v) is 5.08. The van der Waals surface area contributed by atoms with Crippen molar-refractivity contribution in [2.75, 3.05) is 33.3 Å². The van der Waals surface area contributed by atoms with Gasteiger partial charge >= 0.3 is 0 Å². The topological polar surface area (TPSA) is 109 Å². The molecule has 2 aliphatic heterocycles. The van der Waals surface area contributed by atoms with Crippen LogP contribution in [0.5, 0.6) is 5.75 Å². The van der Waals surface area contributed by atoms with E-state index in [4.69, 9.17) is 4.74 Å². The average molecular weight is 474 g/mol. The monoisotopic (exact) mass is 473 g/mol. The van der Waals surface area contributed by atoms with Crippen LogP contribution < -0.4 is 4.74 Å². The Balaban J connectivity index is 1.28. The number of nitriles is 1. The van der Waals surface area contributed by atoms with Gasteiger partial charge in [-0.2, -0.15) is 15.5 Å². The predicted octanol–water partition coefficient (Wildman–Crippen LogP) is 2.19. The Hall–Kier alpha value is -4.13. The summed E-state index contributed by atoms with van der Waals surface area (Å²) in [6.07, 6.45) is 8.20. The van der Waals surface area contributed by atoms with Crippen LogP contribution in [0.15, 0.2) is 37.3 Å². The molecule has 0 aliphatic carbocycles. The molecule has 5 heterocycles. The van der Waals surface area contributed by atoms with Gasteiger partial charge in [0.05, 0.1) is 31.5 Å². The number of pyridine rings is 1. The Morgan fingerprint density at radius 2 is 1.94 bits per heavy atom. The number of carbonyl (C=O) groups is 2. The molecule has 2 saturated heterocycles. The van der Waals surface area contributed by atoms with Gasteiger partial charge < -0.3 is 14.5 Å². The summed E-state index contributed by atoms with van der Waals surface area (Å²) in [7, 11) is 1.58. The summed E-state index contributed by atoms with van der Waals surface area (Å²) in [6, 6.07) is 4.26. The Morgan fingerprint density at radius 3 is 2.60 bits per heavy atom. The Labute approximate surface area is 203 Å². The van der Waals surface area contributed by atoms with Crippen LogP contribution in [0, 0.1) is 24.2 Å². The zero-order valence-electron chi connectivity index (χ0n) is 19.8. The number of likely N-dealkylation sites (tertiary alicyclic amines) is 2. The third-order valence-electron chi connectivity index (χ3n) is 7.11. The highest BCUT2D eigenvalue weighted by molar-refractivity contribution is 5.90. The van der Waals surface area contributed by atoms with Crippen molar-refractivity contribution in [2.45, 2.75) is 25.8 Å². The van der Waals surface area contributed by atoms with Crippen LogP contribution in [0.25, 0.3) is 16.6 Å². The first-order valence-corrected chi connectivity index (χ1v) is 11.6. The maximum Gasteiger partial charge on any atom is 0.246 e. The van der Waals surface area contributed by atoms with Gasteiger partial charge in [0.1, 0.15) is 22.9 Å². The number of aromatic nitrogens is 4. The molecule has 10 nitrogen and oxygen atoms in total. The summed E-state index contributed by atoms with van der Waals surface area (Å²) in [5.41, 5.74) is 4.01. The van der Waals surface area contributed by atoms with Crippen molar-refractivity contribution in [2.24, 2.45) is 5.92 Å². The second kappa shape index (κ2) is 8.91. The minimum atomic E-state index is -0.118. The maximum atomic E-state index is 12.8. The lowest BCUT2D eigenvalue weighted by Crippen LogP contribution is -2.57. The molecule has 0 atom stereocenters. The number of hydrogen-bond donors (Lipinski definition) is 0. The smallest absolute Gasteiger partial charge is 0.246 e. The molecule has 3 aromatic heterocycles. The quantitative estimate of drug-likeness (QED) is 0.526. The van der Waals surface area contributed by atoms with Gasteiger partial charge in [-0.05, 0) is 31.9 Å². The Bertz CT molecular complexity index is 1350. The van der Waals surface area contributed by atoms with Crippen LogP contribution in [-0.4, -0.2) is 74.3 Å². The Morgan fingerprint density at radius 1 is 1.20 bits per heavy atom. The summed E-state index contributed by atoms with van der Waals surface area (Å²) >= 11 is 0. The van der Waals surface area contributed by atoms with Gasteiger partial charge in [-0.1, -0.05) is 6.58 Å². The summed E-state index contributed by atoms with van der Waals surface area (Å²) in [4.78, 5) is 28.0. The minimum Gasteiger partial charge on any atom is -0.494 e. The van der Waals surface area contributed by atoms with E-state index in [1.54, 1.807) is 16.5 Å². The van der Waals surface area contributed by atoms with Crippen LogP contribution in [0.4, 0.5) is 0 Å². The van der Waals surface area contributed by atoms with E-state index >= 15 is 0 Å². The van der Waals surface area contributed by atoms with Crippen molar-refractivity contribution in [3.05, 3.63) is 48.6 Å². The van der Waals surface area contributed by atoms with Crippen LogP contribution >= 0.6 is 0 Å². The van der Waals surface area contributed by atoms with Gasteiger partial charge in [0.2, 0.25) is 11.8 Å². The molecular formula is C25H27N7O3. The molecule has 0 saturated carbocycles. The highest BCUT2D eigenvalue weighted by atomic mass is 16.5. The number of fused-ring (bicyclic) bond motifs is 1. The van der Waals surface area contributed by atoms with Gasteiger partial charge in [-0.25, -0.2) is 4.52 Å². The van der Waals surface area contributed by atoms with Crippen LogP contribution in [0.2, 0.25) is 0 Å². The number of nitrogens with zero attached hydrogens (tertiary/aromatic N) is 7. The number of rotatable bonds is 5. The van der Waals surface area contributed by atoms with Crippen molar-refractivity contribution in [3.8, 4) is 22.9 Å². The molecule has 0 radical (unpaired) electrons. The molecule has 10 heteroatoms. The molecule has 2 amide bonds. The summed E-state index contributed by atoms with van der Waals surface area (Å²) in [6.45, 7) is 7.84. The van der Waals surface area contributed by atoms with E-state index in [2.05, 4.69) is 22.8 Å². The lowest BCUT2D eigenvalue weighted by atomic mass is 9.96. The van der Waals surface area contributed by atoms with Gasteiger partial charge in [-0.15, -0.1) is 0 Å². The van der Waals surface area contributed by atoms with E-state index < -0.39 is 0 Å². The summed E-state index contributed by atoms with van der Waals surface area (Å²) in [5.74, 6) is 0.487. The number of methoxy groups -OCH3 is 1. The summed E-state index contributed by atoms with van der Waals surface area (Å²) < 4.78 is 9.26. The third-order valence-corrected chi connectivity index (χ3v) is 7.11. The van der Waals surface area contributed by atoms with E-state index in [1.165, 1.54) is 12.3 Å². The zero-order chi connectivity index (χ0) is 24.7. The van der Waals surface area contributed by atoms with Gasteiger partial charge in [0.15, 0.2) is 0 Å². The first kappa shape index (κ1) is 22.7. The van der Waals surface area contributed by atoms with Gasteiger partial charge in [0, 0.05) is 49.2 Å². The normalized spacial score (nSPS) is 16.7. The first-order valence-electron chi connectivity index (χ1n) is 11.6. The molecule has 0 bridgehead atoms. The van der Waals surface area contributed by atoms with Crippen molar-refractivity contribution >= 4 is 17.3 Å². The van der Waals surface area contributed by atoms with Gasteiger partial charge in [0.25, 0.3) is 0 Å². The Kier molecular flexibility index (Phi) is 5.76. The fourth-order valence-electron chi connectivity index (χ4n) is 5.08. The molecule has 5 rings (SSSR count). The number of ether oxygens (including phenoxy) is 1. The molecular weight excluding hydrogens is 446 g/mol. The molecule has 2 aliphatic rings. The average Bonchev–Trinajstić information content (AvgIpc) is 3.45. The second-order valence-corrected chi connectivity index (χ2v) is 9.05. The number of amides is 2. The lowest BCUT2D eigenvalue weighted by Gasteiger charge is -2.42. The number of hydrogen-bond acceptors (Lipinski definition) is 6. The molecule has 0 N–H and O–H groups in total. The highest BCUT2D eigenvalue weighted by Crippen LogP contribution is 2.33. The van der Waals surface area contributed by atoms with Crippen molar-refractivity contribution in [3.63, 3.8) is 0 Å². The third kappa shape index (κ3) is 3.83. The first-order chi connectivity index (χ1) is 16.9. The van der Waals surface area contributed by atoms with Crippen LogP contribution in [0.1, 0.15) is 30.1 Å². The molecule has 35 heavy (non-hydrogen) atoms. The molecule has 2 fully saturated rings. The summed E-state index contributed by atoms with van der Waals surface area (Å²) in [5, 5.41) is 18.3. The molecule has 0 spiro atoms. The largest absolute Gasteiger partial charge is 0.494 e. The van der Waals surface area contributed by atoms with Crippen molar-refractivity contribution in [1.29, 1.82) is 5.26 Å². The highest BCUT2D eigenvalue weighted by Gasteiger charge is 2.38. The SMILES string of the molecule is C=CC(=O)N1CC(C(=O)N2CCC(n3ncc(-c4cc(OC)c5c(C#N)cnn5c4)c3C)CC2)C1. The minimum absolute atomic E-state index is 0.109. The second-order valence-electron chi connectivity index (χ2n) is 9.05. The van der Waals surface area contributed by atoms with E-state index in [1.807, 2.05) is 35.0 Å². The van der Waals surface area contributed by atoms with E-state index in [-0.39, 0.29) is 23.8 Å².